The molecule has 3 aliphatic rings. The van der Waals surface area contributed by atoms with Crippen molar-refractivity contribution in [2.75, 3.05) is 45.9 Å². The highest BCUT2D eigenvalue weighted by molar-refractivity contribution is 5.82. The van der Waals surface area contributed by atoms with E-state index in [2.05, 4.69) is 17.1 Å². The Morgan fingerprint density at radius 1 is 1.08 bits per heavy atom. The SMILES string of the molecule is CCNC(=NCCCC1CCCC1)N1CCN(C(=O)C2CCCO2)CC1. The second-order valence-corrected chi connectivity index (χ2v) is 7.84. The van der Waals surface area contributed by atoms with E-state index in [9.17, 15) is 4.79 Å². The largest absolute Gasteiger partial charge is 0.368 e. The Hall–Kier alpha value is -1.30. The molecule has 0 radical (unpaired) electrons. The number of hydrogen-bond donors (Lipinski definition) is 1. The Balaban J connectivity index is 1.43. The van der Waals surface area contributed by atoms with E-state index in [0.29, 0.717) is 0 Å². The molecule has 0 spiro atoms. The number of rotatable bonds is 6. The topological polar surface area (TPSA) is 57.2 Å². The summed E-state index contributed by atoms with van der Waals surface area (Å²) < 4.78 is 5.55. The molecule has 0 aromatic carbocycles. The molecule has 3 rings (SSSR count). The van der Waals surface area contributed by atoms with Gasteiger partial charge in [0.1, 0.15) is 6.10 Å². The summed E-state index contributed by atoms with van der Waals surface area (Å²) in [5, 5.41) is 3.43. The normalized spacial score (nSPS) is 25.1. The van der Waals surface area contributed by atoms with Crippen LogP contribution in [0.15, 0.2) is 4.99 Å². The van der Waals surface area contributed by atoms with Gasteiger partial charge in [-0.05, 0) is 38.5 Å². The molecule has 1 saturated carbocycles. The van der Waals surface area contributed by atoms with Crippen LogP contribution in [0.5, 0.6) is 0 Å². The van der Waals surface area contributed by atoms with Crippen molar-refractivity contribution in [3.8, 4) is 0 Å². The lowest BCUT2D eigenvalue weighted by molar-refractivity contribution is -0.142. The summed E-state index contributed by atoms with van der Waals surface area (Å²) in [7, 11) is 0. The van der Waals surface area contributed by atoms with Gasteiger partial charge in [0.25, 0.3) is 5.91 Å². The van der Waals surface area contributed by atoms with E-state index in [1.807, 2.05) is 4.90 Å². The van der Waals surface area contributed by atoms with Gasteiger partial charge in [0, 0.05) is 45.9 Å². The quantitative estimate of drug-likeness (QED) is 0.446. The van der Waals surface area contributed by atoms with Gasteiger partial charge in [-0.15, -0.1) is 0 Å². The lowest BCUT2D eigenvalue weighted by Gasteiger charge is -2.37. The minimum atomic E-state index is -0.195. The monoisotopic (exact) mass is 364 g/mol. The van der Waals surface area contributed by atoms with Crippen LogP contribution in [0.1, 0.15) is 58.3 Å². The van der Waals surface area contributed by atoms with Crippen LogP contribution in [0, 0.1) is 5.92 Å². The zero-order valence-corrected chi connectivity index (χ0v) is 16.4. The van der Waals surface area contributed by atoms with Gasteiger partial charge in [0.05, 0.1) is 0 Å². The molecule has 26 heavy (non-hydrogen) atoms. The van der Waals surface area contributed by atoms with Crippen molar-refractivity contribution >= 4 is 11.9 Å². The summed E-state index contributed by atoms with van der Waals surface area (Å²) in [6, 6.07) is 0. The van der Waals surface area contributed by atoms with Crippen LogP contribution in [-0.2, 0) is 9.53 Å². The fraction of sp³-hybridized carbons (Fsp3) is 0.900. The second kappa shape index (κ2) is 10.1. The van der Waals surface area contributed by atoms with E-state index < -0.39 is 0 Å². The summed E-state index contributed by atoms with van der Waals surface area (Å²) in [5.74, 6) is 2.14. The van der Waals surface area contributed by atoms with E-state index in [1.54, 1.807) is 0 Å². The zero-order valence-electron chi connectivity index (χ0n) is 16.4. The predicted octanol–water partition coefficient (Wildman–Crippen LogP) is 2.25. The molecule has 2 saturated heterocycles. The maximum Gasteiger partial charge on any atom is 0.251 e. The fourth-order valence-electron chi connectivity index (χ4n) is 4.40. The average molecular weight is 365 g/mol. The van der Waals surface area contributed by atoms with Crippen molar-refractivity contribution in [3.63, 3.8) is 0 Å². The number of aliphatic imine (C=N–C) groups is 1. The summed E-state index contributed by atoms with van der Waals surface area (Å²) in [4.78, 5) is 21.6. The molecule has 148 valence electrons. The summed E-state index contributed by atoms with van der Waals surface area (Å²) in [6.45, 7) is 7.89. The molecular weight excluding hydrogens is 328 g/mol. The number of ether oxygens (including phenoxy) is 1. The number of carbonyl (C=O) groups is 1. The van der Waals surface area contributed by atoms with Crippen LogP contribution in [0.3, 0.4) is 0 Å². The standard InChI is InChI=1S/C20H36N4O2/c1-2-21-20(22-11-5-9-17-7-3-4-8-17)24-14-12-23(13-15-24)19(25)18-10-6-16-26-18/h17-18H,2-16H2,1H3,(H,21,22). The third kappa shape index (κ3) is 5.35. The minimum absolute atomic E-state index is 0.181. The van der Waals surface area contributed by atoms with E-state index in [4.69, 9.17) is 9.73 Å². The lowest BCUT2D eigenvalue weighted by Crippen LogP contribution is -2.55. The van der Waals surface area contributed by atoms with Crippen LogP contribution >= 0.6 is 0 Å². The van der Waals surface area contributed by atoms with Crippen molar-refractivity contribution in [2.24, 2.45) is 10.9 Å². The van der Waals surface area contributed by atoms with E-state index >= 15 is 0 Å². The number of hydrogen-bond acceptors (Lipinski definition) is 3. The molecule has 3 fully saturated rings. The van der Waals surface area contributed by atoms with E-state index in [1.165, 1.54) is 38.5 Å². The van der Waals surface area contributed by atoms with Gasteiger partial charge in [-0.1, -0.05) is 25.7 Å². The molecule has 1 atom stereocenters. The molecule has 0 bridgehead atoms. The van der Waals surface area contributed by atoms with E-state index in [0.717, 1.165) is 70.6 Å². The maximum atomic E-state index is 12.5. The van der Waals surface area contributed by atoms with Gasteiger partial charge in [-0.25, -0.2) is 0 Å². The highest BCUT2D eigenvalue weighted by Crippen LogP contribution is 2.28. The number of guanidine groups is 1. The highest BCUT2D eigenvalue weighted by atomic mass is 16.5. The van der Waals surface area contributed by atoms with Crippen molar-refractivity contribution in [1.29, 1.82) is 0 Å². The number of nitrogens with one attached hydrogen (secondary N) is 1. The lowest BCUT2D eigenvalue weighted by atomic mass is 10.0. The summed E-state index contributed by atoms with van der Waals surface area (Å²) in [5.41, 5.74) is 0. The average Bonchev–Trinajstić information content (AvgIpc) is 3.38. The van der Waals surface area contributed by atoms with Crippen LogP contribution in [0.25, 0.3) is 0 Å². The van der Waals surface area contributed by atoms with Gasteiger partial charge in [-0.2, -0.15) is 0 Å². The Morgan fingerprint density at radius 2 is 1.81 bits per heavy atom. The maximum absolute atomic E-state index is 12.5. The van der Waals surface area contributed by atoms with Gasteiger partial charge >= 0.3 is 0 Å². The molecular formula is C20H36N4O2. The number of amides is 1. The predicted molar refractivity (Wildman–Crippen MR) is 104 cm³/mol. The highest BCUT2D eigenvalue weighted by Gasteiger charge is 2.30. The third-order valence-corrected chi connectivity index (χ3v) is 5.94. The molecule has 0 aromatic heterocycles. The van der Waals surface area contributed by atoms with E-state index in [-0.39, 0.29) is 12.0 Å². The first-order valence-electron chi connectivity index (χ1n) is 10.7. The van der Waals surface area contributed by atoms with Crippen molar-refractivity contribution < 1.29 is 9.53 Å². The van der Waals surface area contributed by atoms with Crippen LogP contribution in [0.2, 0.25) is 0 Å². The Kier molecular flexibility index (Phi) is 7.59. The molecule has 2 heterocycles. The molecule has 1 unspecified atom stereocenters. The molecule has 1 amide bonds. The number of nitrogens with zero attached hydrogens (tertiary/aromatic N) is 3. The van der Waals surface area contributed by atoms with Crippen LogP contribution in [0.4, 0.5) is 0 Å². The first-order chi connectivity index (χ1) is 12.8. The van der Waals surface area contributed by atoms with Crippen molar-refractivity contribution in [2.45, 2.75) is 64.4 Å². The fourth-order valence-corrected chi connectivity index (χ4v) is 4.40. The molecule has 2 aliphatic heterocycles. The first-order valence-corrected chi connectivity index (χ1v) is 10.7. The zero-order chi connectivity index (χ0) is 18.2. The van der Waals surface area contributed by atoms with Crippen LogP contribution < -0.4 is 5.32 Å². The minimum Gasteiger partial charge on any atom is -0.368 e. The Bertz CT molecular complexity index is 462. The molecule has 0 aromatic rings. The van der Waals surface area contributed by atoms with Crippen molar-refractivity contribution in [3.05, 3.63) is 0 Å². The molecule has 1 N–H and O–H groups in total. The smallest absolute Gasteiger partial charge is 0.251 e. The Morgan fingerprint density at radius 3 is 2.46 bits per heavy atom. The summed E-state index contributed by atoms with van der Waals surface area (Å²) >= 11 is 0. The summed E-state index contributed by atoms with van der Waals surface area (Å²) in [6.07, 6.45) is 9.90. The third-order valence-electron chi connectivity index (χ3n) is 5.94. The number of piperazine rings is 1. The van der Waals surface area contributed by atoms with Crippen LogP contribution in [-0.4, -0.2) is 73.6 Å². The molecule has 6 heteroatoms. The molecule has 1 aliphatic carbocycles. The van der Waals surface area contributed by atoms with Gasteiger partial charge in [-0.3, -0.25) is 9.79 Å². The van der Waals surface area contributed by atoms with Gasteiger partial charge in [0.2, 0.25) is 0 Å². The van der Waals surface area contributed by atoms with Gasteiger partial charge in [0.15, 0.2) is 5.96 Å². The molecule has 6 nitrogen and oxygen atoms in total. The number of carbonyl (C=O) groups excluding carboxylic acids is 1. The Labute approximate surface area is 158 Å². The van der Waals surface area contributed by atoms with Gasteiger partial charge < -0.3 is 19.9 Å². The first kappa shape index (κ1) is 19.5. The van der Waals surface area contributed by atoms with Crippen molar-refractivity contribution in [1.82, 2.24) is 15.1 Å². The second-order valence-electron chi connectivity index (χ2n) is 7.84.